The minimum atomic E-state index is -1.61. The van der Waals surface area contributed by atoms with Crippen LogP contribution in [0.4, 0.5) is 5.69 Å². The number of nitrogens with one attached hydrogen (secondary N) is 2. The molecule has 216 valence electrons. The molecule has 1 fully saturated rings. The zero-order valence-corrected chi connectivity index (χ0v) is 22.4. The van der Waals surface area contributed by atoms with Gasteiger partial charge < -0.3 is 41.7 Å². The van der Waals surface area contributed by atoms with E-state index in [0.29, 0.717) is 48.0 Å². The number of oxime groups is 1. The maximum atomic E-state index is 13.0. The lowest BCUT2D eigenvalue weighted by molar-refractivity contribution is -0.159. The highest BCUT2D eigenvalue weighted by molar-refractivity contribution is 6.08. The molecule has 0 bridgehead atoms. The Morgan fingerprint density at radius 2 is 1.73 bits per heavy atom. The second-order valence-corrected chi connectivity index (χ2v) is 9.90. The van der Waals surface area contributed by atoms with Gasteiger partial charge in [0.1, 0.15) is 5.69 Å². The lowest BCUT2D eigenvalue weighted by atomic mass is 9.96. The Balaban J connectivity index is 1.28. The number of hydrogen-bond acceptors (Lipinski definition) is 8. The SMILES string of the molecule is CC(CC(=O)c1ccc(/C(N)=N/O)cc1)C(=O)N1CCC(O[C@H](NC(=O)c2[nH]c3ccccc3c2N)C(=O)O)CC1. The van der Waals surface area contributed by atoms with Crippen LogP contribution in [0.2, 0.25) is 0 Å². The number of carbonyl (C=O) groups is 4. The van der Waals surface area contributed by atoms with Gasteiger partial charge in [-0.1, -0.05) is 54.5 Å². The van der Waals surface area contributed by atoms with Gasteiger partial charge in [0.15, 0.2) is 11.6 Å². The Morgan fingerprint density at radius 1 is 1.10 bits per heavy atom. The van der Waals surface area contributed by atoms with Crippen LogP contribution >= 0.6 is 0 Å². The van der Waals surface area contributed by atoms with Crippen molar-refractivity contribution in [1.29, 1.82) is 0 Å². The molecule has 0 spiro atoms. The van der Waals surface area contributed by atoms with Gasteiger partial charge in [0, 0.05) is 47.5 Å². The molecule has 8 N–H and O–H groups in total. The quantitative estimate of drug-likeness (QED) is 0.0529. The molecule has 2 amide bonds. The van der Waals surface area contributed by atoms with Crippen molar-refractivity contribution >= 4 is 46.0 Å². The highest BCUT2D eigenvalue weighted by Gasteiger charge is 2.32. The number of aromatic nitrogens is 1. The van der Waals surface area contributed by atoms with E-state index in [2.05, 4.69) is 15.5 Å². The largest absolute Gasteiger partial charge is 0.478 e. The first-order chi connectivity index (χ1) is 19.6. The zero-order chi connectivity index (χ0) is 29.7. The highest BCUT2D eigenvalue weighted by atomic mass is 16.5. The van der Waals surface area contributed by atoms with Crippen molar-refractivity contribution < 1.29 is 34.2 Å². The third kappa shape index (κ3) is 6.64. The number of aromatic amines is 1. The van der Waals surface area contributed by atoms with Crippen molar-refractivity contribution in [2.45, 2.75) is 38.5 Å². The number of hydrogen-bond donors (Lipinski definition) is 6. The number of carbonyl (C=O) groups excluding carboxylic acids is 3. The number of piperidine rings is 1. The number of nitrogens with zero attached hydrogens (tertiary/aromatic N) is 2. The summed E-state index contributed by atoms with van der Waals surface area (Å²) in [5, 5.41) is 24.4. The standard InChI is InChI=1S/C28H32N6O7/c1-15(14-21(35)16-6-8-17(9-7-16)24(30)33-40)27(37)34-12-10-18(11-13-34)41-26(28(38)39)32-25(36)23-22(29)19-4-2-3-5-20(19)31-23/h2-9,15,18,26,31,40H,10-14,29H2,1H3,(H2,30,33)(H,32,36)(H,38,39)/t15?,26-/m0/s1. The number of likely N-dealkylation sites (tertiary alicyclic amines) is 1. The fourth-order valence-electron chi connectivity index (χ4n) is 4.77. The van der Waals surface area contributed by atoms with Crippen molar-refractivity contribution in [3.05, 3.63) is 65.4 Å². The molecule has 1 unspecified atom stereocenters. The predicted octanol–water partition coefficient (Wildman–Crippen LogP) is 1.90. The number of amides is 2. The van der Waals surface area contributed by atoms with Gasteiger partial charge >= 0.3 is 5.97 Å². The summed E-state index contributed by atoms with van der Waals surface area (Å²) in [5.41, 5.74) is 13.4. The second-order valence-electron chi connectivity index (χ2n) is 9.90. The van der Waals surface area contributed by atoms with E-state index in [4.69, 9.17) is 21.4 Å². The zero-order valence-electron chi connectivity index (χ0n) is 22.4. The maximum Gasteiger partial charge on any atom is 0.354 e. The highest BCUT2D eigenvalue weighted by Crippen LogP contribution is 2.25. The molecular weight excluding hydrogens is 532 g/mol. The van der Waals surface area contributed by atoms with Crippen LogP contribution in [0.3, 0.4) is 0 Å². The van der Waals surface area contributed by atoms with Crippen molar-refractivity contribution in [2.75, 3.05) is 18.8 Å². The molecule has 0 aliphatic carbocycles. The number of rotatable bonds is 10. The number of anilines is 1. The molecule has 13 nitrogen and oxygen atoms in total. The molecule has 1 aliphatic heterocycles. The summed E-state index contributed by atoms with van der Waals surface area (Å²) in [6, 6.07) is 13.3. The van der Waals surface area contributed by atoms with Gasteiger partial charge in [-0.3, -0.25) is 14.4 Å². The molecule has 3 aromatic rings. The van der Waals surface area contributed by atoms with E-state index in [1.54, 1.807) is 60.4 Å². The topological polar surface area (TPSA) is 213 Å². The monoisotopic (exact) mass is 564 g/mol. The van der Waals surface area contributed by atoms with Crippen molar-refractivity contribution in [1.82, 2.24) is 15.2 Å². The van der Waals surface area contributed by atoms with E-state index in [-0.39, 0.29) is 35.3 Å². The van der Waals surface area contributed by atoms with Crippen LogP contribution in [0.25, 0.3) is 10.9 Å². The number of aliphatic carboxylic acids is 1. The van der Waals surface area contributed by atoms with E-state index in [1.165, 1.54) is 0 Å². The fourth-order valence-corrected chi connectivity index (χ4v) is 4.77. The molecule has 2 heterocycles. The van der Waals surface area contributed by atoms with E-state index < -0.39 is 30.1 Å². The van der Waals surface area contributed by atoms with Crippen molar-refractivity contribution in [3.8, 4) is 0 Å². The Kier molecular flexibility index (Phi) is 8.87. The van der Waals surface area contributed by atoms with Gasteiger partial charge in [-0.2, -0.15) is 0 Å². The smallest absolute Gasteiger partial charge is 0.354 e. The summed E-state index contributed by atoms with van der Waals surface area (Å²) < 4.78 is 5.69. The van der Waals surface area contributed by atoms with Gasteiger partial charge in [0.2, 0.25) is 12.1 Å². The van der Waals surface area contributed by atoms with Crippen LogP contribution in [0.15, 0.2) is 53.7 Å². The van der Waals surface area contributed by atoms with Crippen LogP contribution in [0.5, 0.6) is 0 Å². The van der Waals surface area contributed by atoms with Crippen LogP contribution in [-0.4, -0.2) is 75.0 Å². The van der Waals surface area contributed by atoms with Crippen LogP contribution in [-0.2, 0) is 14.3 Å². The number of Topliss-reactive ketones (excluding diaryl/α,β-unsaturated/α-hetero) is 1. The summed E-state index contributed by atoms with van der Waals surface area (Å²) in [5.74, 6) is -3.13. The number of H-pyrrole nitrogens is 1. The van der Waals surface area contributed by atoms with Gasteiger partial charge in [-0.25, -0.2) is 4.79 Å². The molecule has 1 aliphatic rings. The van der Waals surface area contributed by atoms with E-state index in [1.807, 2.05) is 0 Å². The van der Waals surface area contributed by atoms with E-state index in [0.717, 1.165) is 0 Å². The van der Waals surface area contributed by atoms with Crippen molar-refractivity contribution in [2.24, 2.45) is 16.8 Å². The normalized spacial score (nSPS) is 15.8. The Morgan fingerprint density at radius 3 is 2.34 bits per heavy atom. The lowest BCUT2D eigenvalue weighted by Crippen LogP contribution is -2.48. The third-order valence-electron chi connectivity index (χ3n) is 7.07. The van der Waals surface area contributed by atoms with Crippen LogP contribution in [0.1, 0.15) is 52.6 Å². The van der Waals surface area contributed by atoms with Crippen LogP contribution in [0, 0.1) is 5.92 Å². The molecule has 0 saturated carbocycles. The lowest BCUT2D eigenvalue weighted by Gasteiger charge is -2.34. The van der Waals surface area contributed by atoms with Gasteiger partial charge in [-0.05, 0) is 18.9 Å². The fraction of sp³-hybridized carbons (Fsp3) is 0.321. The molecule has 1 aromatic heterocycles. The number of ether oxygens (including phenoxy) is 1. The molecule has 2 atom stereocenters. The molecule has 4 rings (SSSR count). The average Bonchev–Trinajstić information content (AvgIpc) is 3.32. The minimum Gasteiger partial charge on any atom is -0.478 e. The first-order valence-electron chi connectivity index (χ1n) is 13.0. The maximum absolute atomic E-state index is 13.0. The average molecular weight is 565 g/mol. The van der Waals surface area contributed by atoms with E-state index >= 15 is 0 Å². The van der Waals surface area contributed by atoms with Crippen molar-refractivity contribution in [3.63, 3.8) is 0 Å². The summed E-state index contributed by atoms with van der Waals surface area (Å²) >= 11 is 0. The molecule has 2 aromatic carbocycles. The van der Waals surface area contributed by atoms with E-state index in [9.17, 15) is 24.3 Å². The van der Waals surface area contributed by atoms with Gasteiger partial charge in [-0.15, -0.1) is 0 Å². The number of fused-ring (bicyclic) bond motifs is 1. The number of ketones is 1. The Hall–Kier alpha value is -4.91. The summed E-state index contributed by atoms with van der Waals surface area (Å²) in [6.07, 6.45) is -1.40. The summed E-state index contributed by atoms with van der Waals surface area (Å²) in [7, 11) is 0. The molecule has 13 heteroatoms. The number of para-hydroxylation sites is 1. The first kappa shape index (κ1) is 29.1. The Bertz CT molecular complexity index is 1470. The van der Waals surface area contributed by atoms with Gasteiger partial charge in [0.05, 0.1) is 11.8 Å². The third-order valence-corrected chi connectivity index (χ3v) is 7.07. The number of nitrogens with two attached hydrogens (primary N) is 2. The molecule has 1 saturated heterocycles. The molecular formula is C28H32N6O7. The Labute approximate surface area is 235 Å². The second kappa shape index (κ2) is 12.5. The number of amidine groups is 1. The first-order valence-corrected chi connectivity index (χ1v) is 13.0. The predicted molar refractivity (Wildman–Crippen MR) is 149 cm³/mol. The summed E-state index contributed by atoms with van der Waals surface area (Å²) in [6.45, 7) is 2.30. The number of carboxylic acid groups (broad SMARTS) is 1. The number of carboxylic acids is 1. The molecule has 41 heavy (non-hydrogen) atoms. The minimum absolute atomic E-state index is 0.00217. The number of benzene rings is 2. The molecule has 0 radical (unpaired) electrons. The van der Waals surface area contributed by atoms with Crippen LogP contribution < -0.4 is 16.8 Å². The number of nitrogen functional groups attached to an aromatic ring is 1. The van der Waals surface area contributed by atoms with Gasteiger partial charge in [0.25, 0.3) is 5.91 Å². The summed E-state index contributed by atoms with van der Waals surface area (Å²) in [4.78, 5) is 54.9.